The van der Waals surface area contributed by atoms with Gasteiger partial charge in [-0.25, -0.2) is 0 Å². The van der Waals surface area contributed by atoms with E-state index < -0.39 is 6.10 Å². The fraction of sp³-hybridized carbons (Fsp3) is 0.818. The molecule has 4 rings (SSSR count). The number of ether oxygens (including phenoxy) is 2. The Bertz CT molecular complexity index is 289. The van der Waals surface area contributed by atoms with E-state index >= 15 is 0 Å². The molecule has 3 fully saturated rings. The minimum absolute atomic E-state index is 0.244. The van der Waals surface area contributed by atoms with Gasteiger partial charge in [-0.2, -0.15) is 0 Å². The van der Waals surface area contributed by atoms with E-state index in [1.54, 1.807) is 0 Å². The van der Waals surface area contributed by atoms with Crippen LogP contribution in [0.5, 0.6) is 0 Å². The maximum absolute atomic E-state index is 10.1. The Kier molecular flexibility index (Phi) is 1.35. The summed E-state index contributed by atoms with van der Waals surface area (Å²) in [6.45, 7) is 0.681. The zero-order valence-corrected chi connectivity index (χ0v) is 7.87. The second-order valence-corrected chi connectivity index (χ2v) is 4.97. The first kappa shape index (κ1) is 7.85. The highest BCUT2D eigenvalue weighted by molar-refractivity contribution is 5.18. The van der Waals surface area contributed by atoms with Gasteiger partial charge in [-0.3, -0.25) is 0 Å². The summed E-state index contributed by atoms with van der Waals surface area (Å²) in [5.74, 6) is 2.12. The van der Waals surface area contributed by atoms with Crippen molar-refractivity contribution in [1.82, 2.24) is 0 Å². The largest absolute Gasteiger partial charge is 0.388 e. The summed E-state index contributed by atoms with van der Waals surface area (Å²) in [7, 11) is 0. The third-order valence-electron chi connectivity index (χ3n) is 4.42. The van der Waals surface area contributed by atoms with Crippen LogP contribution in [0.2, 0.25) is 0 Å². The van der Waals surface area contributed by atoms with Crippen molar-refractivity contribution in [2.75, 3.05) is 6.61 Å². The zero-order valence-electron chi connectivity index (χ0n) is 7.87. The Morgan fingerprint density at radius 1 is 1.14 bits per heavy atom. The van der Waals surface area contributed by atoms with Crippen molar-refractivity contribution in [3.8, 4) is 0 Å². The monoisotopic (exact) mass is 194 g/mol. The lowest BCUT2D eigenvalue weighted by Crippen LogP contribution is -2.48. The van der Waals surface area contributed by atoms with E-state index in [1.165, 1.54) is 6.42 Å². The van der Waals surface area contributed by atoms with Crippen molar-refractivity contribution < 1.29 is 14.6 Å². The average molecular weight is 194 g/mol. The van der Waals surface area contributed by atoms with Gasteiger partial charge in [0.2, 0.25) is 0 Å². The number of hydrogen-bond acceptors (Lipinski definition) is 3. The van der Waals surface area contributed by atoms with E-state index in [9.17, 15) is 5.11 Å². The summed E-state index contributed by atoms with van der Waals surface area (Å²) >= 11 is 0. The van der Waals surface area contributed by atoms with E-state index in [0.717, 1.165) is 0 Å². The van der Waals surface area contributed by atoms with Gasteiger partial charge in [0.05, 0.1) is 12.7 Å². The van der Waals surface area contributed by atoms with Crippen molar-refractivity contribution >= 4 is 0 Å². The number of fused-ring (bicyclic) bond motifs is 8. The molecule has 4 aliphatic rings. The Balaban J connectivity index is 1.78. The van der Waals surface area contributed by atoms with E-state index in [-0.39, 0.29) is 12.4 Å². The highest BCUT2D eigenvalue weighted by atomic mass is 16.7. The molecule has 1 N–H and O–H groups in total. The molecule has 1 saturated carbocycles. The van der Waals surface area contributed by atoms with Gasteiger partial charge in [0.15, 0.2) is 6.29 Å². The van der Waals surface area contributed by atoms with Crippen LogP contribution < -0.4 is 0 Å². The van der Waals surface area contributed by atoms with Gasteiger partial charge < -0.3 is 14.6 Å². The van der Waals surface area contributed by atoms with Crippen molar-refractivity contribution in [2.45, 2.75) is 24.9 Å². The molecule has 14 heavy (non-hydrogen) atoms. The van der Waals surface area contributed by atoms with Gasteiger partial charge >= 0.3 is 0 Å². The molecule has 4 bridgehead atoms. The van der Waals surface area contributed by atoms with E-state index in [4.69, 9.17) is 9.47 Å². The molecule has 0 unspecified atom stereocenters. The maximum atomic E-state index is 10.1. The first-order valence-corrected chi connectivity index (χ1v) is 5.48. The summed E-state index contributed by atoms with van der Waals surface area (Å²) in [4.78, 5) is 0. The number of aliphatic hydroxyl groups is 1. The van der Waals surface area contributed by atoms with Gasteiger partial charge in [-0.1, -0.05) is 12.2 Å². The van der Waals surface area contributed by atoms with Crippen LogP contribution in [0.3, 0.4) is 0 Å². The molecule has 0 aromatic carbocycles. The molecule has 2 heterocycles. The molecule has 0 aromatic rings. The predicted octanol–water partition coefficient (Wildman–Crippen LogP) is 0.541. The lowest BCUT2D eigenvalue weighted by Gasteiger charge is -2.39. The molecule has 7 atom stereocenters. The van der Waals surface area contributed by atoms with Crippen LogP contribution in [0.15, 0.2) is 12.2 Å². The number of aliphatic hydroxyl groups excluding tert-OH is 1. The van der Waals surface area contributed by atoms with Crippen molar-refractivity contribution in [3.05, 3.63) is 12.2 Å². The maximum Gasteiger partial charge on any atom is 0.184 e. The van der Waals surface area contributed by atoms with Crippen molar-refractivity contribution in [3.63, 3.8) is 0 Å². The van der Waals surface area contributed by atoms with Gasteiger partial charge in [-0.05, 0) is 24.2 Å². The van der Waals surface area contributed by atoms with Gasteiger partial charge in [0.25, 0.3) is 0 Å². The van der Waals surface area contributed by atoms with Crippen LogP contribution in [0.4, 0.5) is 0 Å². The van der Waals surface area contributed by atoms with Crippen LogP contribution >= 0.6 is 0 Å². The molecule has 0 radical (unpaired) electrons. The van der Waals surface area contributed by atoms with Crippen LogP contribution in [-0.4, -0.2) is 30.2 Å². The molecule has 0 spiro atoms. The lowest BCUT2D eigenvalue weighted by atomic mass is 9.75. The highest BCUT2D eigenvalue weighted by Crippen LogP contribution is 2.55. The van der Waals surface area contributed by atoms with Crippen LogP contribution in [0.25, 0.3) is 0 Å². The smallest absolute Gasteiger partial charge is 0.184 e. The van der Waals surface area contributed by atoms with E-state index in [0.29, 0.717) is 30.3 Å². The van der Waals surface area contributed by atoms with E-state index in [2.05, 4.69) is 12.2 Å². The average Bonchev–Trinajstić information content (AvgIpc) is 2.89. The lowest BCUT2D eigenvalue weighted by molar-refractivity contribution is -0.195. The standard InChI is InChI=1S/C11H14O3/c12-10-9-6-2-1-5(3-6)8(9)7-4-13-11(10)14-7/h1-2,5-12H,3-4H2/t5-,6+,7-,8-,9-,10-,11-/m1/s1. The number of hydrogen-bond donors (Lipinski definition) is 1. The Labute approximate surface area is 82.7 Å². The highest BCUT2D eigenvalue weighted by Gasteiger charge is 2.59. The van der Waals surface area contributed by atoms with E-state index in [1.807, 2.05) is 0 Å². The fourth-order valence-corrected chi connectivity index (χ4v) is 3.91. The SMILES string of the molecule is O[C@H]1[C@@H]2OC[C@@H](O2)[C@@H]2[C@H]1[C@H]1C=C[C@@H]2C1. The van der Waals surface area contributed by atoms with Gasteiger partial charge in [0, 0.05) is 5.92 Å². The van der Waals surface area contributed by atoms with Crippen LogP contribution in [-0.2, 0) is 9.47 Å². The third-order valence-corrected chi connectivity index (χ3v) is 4.42. The number of rotatable bonds is 0. The Morgan fingerprint density at radius 2 is 1.93 bits per heavy atom. The zero-order chi connectivity index (χ0) is 9.28. The summed E-state index contributed by atoms with van der Waals surface area (Å²) in [5.41, 5.74) is 0. The first-order valence-electron chi connectivity index (χ1n) is 5.48. The second-order valence-electron chi connectivity index (χ2n) is 4.97. The topological polar surface area (TPSA) is 38.7 Å². The van der Waals surface area contributed by atoms with Crippen LogP contribution in [0, 0.1) is 23.7 Å². The molecule has 3 heteroatoms. The minimum atomic E-state index is -0.404. The number of allylic oxidation sites excluding steroid dienone is 2. The summed E-state index contributed by atoms with van der Waals surface area (Å²) in [5, 5.41) is 10.1. The molecular formula is C11H14O3. The quantitative estimate of drug-likeness (QED) is 0.572. The normalized spacial score (nSPS) is 63.4. The summed E-state index contributed by atoms with van der Waals surface area (Å²) in [6, 6.07) is 0. The first-order chi connectivity index (χ1) is 6.84. The minimum Gasteiger partial charge on any atom is -0.388 e. The van der Waals surface area contributed by atoms with Crippen molar-refractivity contribution in [1.29, 1.82) is 0 Å². The Morgan fingerprint density at radius 3 is 2.79 bits per heavy atom. The molecule has 0 aromatic heterocycles. The van der Waals surface area contributed by atoms with Gasteiger partial charge in [0.1, 0.15) is 6.10 Å². The molecule has 76 valence electrons. The molecule has 2 aliphatic heterocycles. The van der Waals surface area contributed by atoms with Gasteiger partial charge in [-0.15, -0.1) is 0 Å². The summed E-state index contributed by atoms with van der Waals surface area (Å²) in [6.07, 6.45) is 5.31. The fourth-order valence-electron chi connectivity index (χ4n) is 3.91. The molecule has 3 nitrogen and oxygen atoms in total. The third kappa shape index (κ3) is 0.757. The van der Waals surface area contributed by atoms with Crippen LogP contribution in [0.1, 0.15) is 6.42 Å². The van der Waals surface area contributed by atoms with Crippen molar-refractivity contribution in [2.24, 2.45) is 23.7 Å². The second kappa shape index (κ2) is 2.40. The predicted molar refractivity (Wildman–Crippen MR) is 48.3 cm³/mol. The summed E-state index contributed by atoms with van der Waals surface area (Å²) < 4.78 is 11.1. The molecule has 0 amide bonds. The molecule has 2 aliphatic carbocycles. The molecule has 2 saturated heterocycles. The molecular weight excluding hydrogens is 180 g/mol. The Hall–Kier alpha value is -0.380.